The number of hydrogen-bond donors (Lipinski definition) is 2. The number of rotatable bonds is 7. The van der Waals surface area contributed by atoms with Gasteiger partial charge in [0.05, 0.1) is 22.3 Å². The molecule has 1 amide bonds. The number of carbonyl (C=O) groups is 2. The summed E-state index contributed by atoms with van der Waals surface area (Å²) in [5.41, 5.74) is 7.59. The van der Waals surface area contributed by atoms with Crippen LogP contribution in [0.4, 0.5) is 0 Å². The van der Waals surface area contributed by atoms with Crippen LogP contribution in [0.3, 0.4) is 0 Å². The van der Waals surface area contributed by atoms with E-state index in [-0.39, 0.29) is 5.91 Å². The van der Waals surface area contributed by atoms with Crippen molar-refractivity contribution in [2.24, 2.45) is 14.1 Å². The lowest BCUT2D eigenvalue weighted by Gasteiger charge is -2.41. The van der Waals surface area contributed by atoms with Gasteiger partial charge >= 0.3 is 5.97 Å². The molecule has 43 heavy (non-hydrogen) atoms. The van der Waals surface area contributed by atoms with Crippen LogP contribution in [-0.2, 0) is 24.4 Å². The third kappa shape index (κ3) is 4.63. The lowest BCUT2D eigenvalue weighted by Crippen LogP contribution is -2.52. The molecule has 0 bridgehead atoms. The van der Waals surface area contributed by atoms with Gasteiger partial charge in [0, 0.05) is 36.6 Å². The molecule has 218 valence electrons. The highest BCUT2D eigenvalue weighted by molar-refractivity contribution is 6.01. The number of hydrogen-bond acceptors (Lipinski definition) is 3. The van der Waals surface area contributed by atoms with Crippen LogP contribution in [0.25, 0.3) is 39.3 Å². The molecule has 2 aliphatic rings. The van der Waals surface area contributed by atoms with Crippen molar-refractivity contribution < 1.29 is 14.7 Å². The summed E-state index contributed by atoms with van der Waals surface area (Å²) in [6.45, 7) is 0. The van der Waals surface area contributed by atoms with Crippen molar-refractivity contribution >= 4 is 39.9 Å². The summed E-state index contributed by atoms with van der Waals surface area (Å²) >= 11 is 0. The van der Waals surface area contributed by atoms with Gasteiger partial charge in [-0.05, 0) is 85.1 Å². The minimum absolute atomic E-state index is 0.0939. The molecule has 2 heterocycles. The van der Waals surface area contributed by atoms with E-state index >= 15 is 0 Å². The highest BCUT2D eigenvalue weighted by atomic mass is 16.4. The zero-order chi connectivity index (χ0) is 29.7. The molecule has 7 nitrogen and oxygen atoms in total. The number of fused-ring (bicyclic) bond motifs is 2. The Bertz CT molecular complexity index is 1900. The predicted octanol–water partition coefficient (Wildman–Crippen LogP) is 7.30. The van der Waals surface area contributed by atoms with E-state index in [1.165, 1.54) is 47.9 Å². The second kappa shape index (κ2) is 10.6. The van der Waals surface area contributed by atoms with Crippen molar-refractivity contribution in [1.29, 1.82) is 0 Å². The third-order valence-corrected chi connectivity index (χ3v) is 9.62. The molecule has 3 aromatic carbocycles. The van der Waals surface area contributed by atoms with Gasteiger partial charge in [-0.25, -0.2) is 9.78 Å². The average molecular weight is 573 g/mol. The van der Waals surface area contributed by atoms with Gasteiger partial charge in [0.1, 0.15) is 5.82 Å². The molecule has 2 N–H and O–H groups in total. The fourth-order valence-electron chi connectivity index (χ4n) is 7.31. The summed E-state index contributed by atoms with van der Waals surface area (Å²) in [6.07, 6.45) is 10.3. The molecule has 0 unspecified atom stereocenters. The lowest BCUT2D eigenvalue weighted by atomic mass is 9.75. The molecule has 0 spiro atoms. The van der Waals surface area contributed by atoms with Gasteiger partial charge in [-0.1, -0.05) is 55.3 Å². The van der Waals surface area contributed by atoms with E-state index in [1.54, 1.807) is 6.08 Å². The van der Waals surface area contributed by atoms with Crippen LogP contribution in [0, 0.1) is 0 Å². The fraction of sp³-hybridized carbons (Fsp3) is 0.306. The second-order valence-electron chi connectivity index (χ2n) is 12.2. The average Bonchev–Trinajstić information content (AvgIpc) is 3.71. The molecule has 7 heteroatoms. The molecule has 0 saturated heterocycles. The van der Waals surface area contributed by atoms with Crippen LogP contribution in [0.15, 0.2) is 72.8 Å². The first-order valence-electron chi connectivity index (χ1n) is 15.2. The van der Waals surface area contributed by atoms with E-state index in [2.05, 4.69) is 59.4 Å². The van der Waals surface area contributed by atoms with Gasteiger partial charge in [0.2, 0.25) is 0 Å². The van der Waals surface area contributed by atoms with Gasteiger partial charge in [0.25, 0.3) is 5.91 Å². The quantitative estimate of drug-likeness (QED) is 0.200. The van der Waals surface area contributed by atoms with Crippen molar-refractivity contribution in [3.8, 4) is 11.3 Å². The van der Waals surface area contributed by atoms with Crippen LogP contribution in [-0.4, -0.2) is 31.1 Å². The Kier molecular flexibility index (Phi) is 6.68. The monoisotopic (exact) mass is 572 g/mol. The molecular weight excluding hydrogens is 536 g/mol. The zero-order valence-corrected chi connectivity index (χ0v) is 24.6. The highest BCUT2D eigenvalue weighted by Crippen LogP contribution is 2.45. The number of carboxylic acids is 1. The van der Waals surface area contributed by atoms with E-state index in [4.69, 9.17) is 10.1 Å². The van der Waals surface area contributed by atoms with Gasteiger partial charge < -0.3 is 19.6 Å². The molecule has 2 aliphatic carbocycles. The number of carbonyl (C=O) groups excluding carboxylic acids is 1. The topological polar surface area (TPSA) is 89.2 Å². The Hall–Kier alpha value is -4.65. The van der Waals surface area contributed by atoms with Crippen LogP contribution in [0.5, 0.6) is 0 Å². The van der Waals surface area contributed by atoms with Gasteiger partial charge in [0.15, 0.2) is 0 Å². The number of nitrogens with zero attached hydrogens (tertiary/aromatic N) is 3. The van der Waals surface area contributed by atoms with E-state index < -0.39 is 11.5 Å². The van der Waals surface area contributed by atoms with Crippen LogP contribution in [0.2, 0.25) is 0 Å². The number of imidazole rings is 1. The normalized spacial score (nSPS) is 16.7. The number of aliphatic carboxylic acids is 1. The van der Waals surface area contributed by atoms with Crippen LogP contribution >= 0.6 is 0 Å². The number of aryl methyl sites for hydroxylation is 2. The summed E-state index contributed by atoms with van der Waals surface area (Å²) in [5.74, 6) is 0.288. The largest absolute Gasteiger partial charge is 0.478 e. The maximum Gasteiger partial charge on any atom is 0.328 e. The highest BCUT2D eigenvalue weighted by Gasteiger charge is 2.44. The molecule has 2 aromatic heterocycles. The molecule has 7 rings (SSSR count). The Labute approximate surface area is 250 Å². The third-order valence-electron chi connectivity index (χ3n) is 9.62. The minimum atomic E-state index is -0.985. The summed E-state index contributed by atoms with van der Waals surface area (Å²) in [5, 5.41) is 13.6. The summed E-state index contributed by atoms with van der Waals surface area (Å²) < 4.78 is 4.31. The molecule has 2 fully saturated rings. The second-order valence-corrected chi connectivity index (χ2v) is 12.2. The van der Waals surface area contributed by atoms with Gasteiger partial charge in [-0.15, -0.1) is 0 Å². The summed E-state index contributed by atoms with van der Waals surface area (Å²) in [6, 6.07) is 22.5. The molecule has 2 saturated carbocycles. The maximum atomic E-state index is 13.9. The first-order chi connectivity index (χ1) is 20.8. The van der Waals surface area contributed by atoms with Crippen molar-refractivity contribution in [1.82, 2.24) is 19.4 Å². The van der Waals surface area contributed by atoms with Crippen LogP contribution < -0.4 is 5.32 Å². The molecule has 0 radical (unpaired) electrons. The predicted molar refractivity (Wildman–Crippen MR) is 170 cm³/mol. The van der Waals surface area contributed by atoms with E-state index in [0.717, 1.165) is 53.3 Å². The van der Waals surface area contributed by atoms with Gasteiger partial charge in [-0.3, -0.25) is 4.79 Å². The Balaban J connectivity index is 1.24. The lowest BCUT2D eigenvalue weighted by molar-refractivity contribution is -0.131. The number of amides is 1. The van der Waals surface area contributed by atoms with Crippen molar-refractivity contribution in [3.63, 3.8) is 0 Å². The van der Waals surface area contributed by atoms with Crippen molar-refractivity contribution in [3.05, 3.63) is 95.3 Å². The first-order valence-corrected chi connectivity index (χ1v) is 15.2. The number of nitrogens with one attached hydrogen (secondary N) is 1. The first kappa shape index (κ1) is 27.2. The number of carboxylic acid groups (broad SMARTS) is 1. The Morgan fingerprint density at radius 2 is 1.70 bits per heavy atom. The van der Waals surface area contributed by atoms with E-state index in [9.17, 15) is 9.59 Å². The van der Waals surface area contributed by atoms with Gasteiger partial charge in [-0.2, -0.15) is 0 Å². The number of aromatic nitrogens is 3. The van der Waals surface area contributed by atoms with Crippen LogP contribution in [0.1, 0.15) is 78.2 Å². The Morgan fingerprint density at radius 3 is 2.40 bits per heavy atom. The minimum Gasteiger partial charge on any atom is -0.478 e. The van der Waals surface area contributed by atoms with Crippen molar-refractivity contribution in [2.75, 3.05) is 0 Å². The smallest absolute Gasteiger partial charge is 0.328 e. The molecular formula is C36H36N4O3. The molecule has 0 atom stereocenters. The fourth-order valence-corrected chi connectivity index (χ4v) is 7.31. The SMILES string of the molecule is Cn1c(C2(NC(=O)c3ccc4c(C5CCCC5)c(-c5ccccc5)n(C)c4c3)CCC2)nc2ccc(/C=C/C(=O)O)cc21. The summed E-state index contributed by atoms with van der Waals surface area (Å²) in [4.78, 5) is 29.8. The zero-order valence-electron chi connectivity index (χ0n) is 24.6. The van der Waals surface area contributed by atoms with E-state index in [1.807, 2.05) is 35.9 Å². The molecule has 0 aliphatic heterocycles. The summed E-state index contributed by atoms with van der Waals surface area (Å²) in [7, 11) is 4.09. The molecule has 5 aromatic rings. The maximum absolute atomic E-state index is 13.9. The standard InChI is InChI=1S/C36H36N4O3/c1-39-29-22-26(15-16-27(29)32(24-9-6-7-10-24)33(39)25-11-4-3-5-12-25)34(43)38-36(19-8-20-36)35-37-28-17-13-23(14-18-31(41)42)21-30(28)40(35)2/h3-5,11-18,21-22,24H,6-10,19-20H2,1-2H3,(H,38,43)(H,41,42)/b18-14+. The van der Waals surface area contributed by atoms with Crippen molar-refractivity contribution in [2.45, 2.75) is 56.4 Å². The van der Waals surface area contributed by atoms with E-state index in [0.29, 0.717) is 11.5 Å². The number of benzene rings is 3. The Morgan fingerprint density at radius 1 is 0.930 bits per heavy atom.